The predicted molar refractivity (Wildman–Crippen MR) is 116 cm³/mol. The van der Waals surface area contributed by atoms with Crippen molar-refractivity contribution in [2.45, 2.75) is 6.92 Å². The molecular formula is C22H17FN4O2S. The molecule has 0 spiro atoms. The van der Waals surface area contributed by atoms with E-state index in [0.717, 1.165) is 0 Å². The third kappa shape index (κ3) is 4.28. The monoisotopic (exact) mass is 420 g/mol. The van der Waals surface area contributed by atoms with Gasteiger partial charge in [0.05, 0.1) is 4.88 Å². The van der Waals surface area contributed by atoms with E-state index in [2.05, 4.69) is 15.6 Å². The fourth-order valence-corrected chi connectivity index (χ4v) is 3.94. The van der Waals surface area contributed by atoms with E-state index in [1.807, 2.05) is 29.1 Å². The molecule has 0 saturated heterocycles. The number of hydrogen-bond donors (Lipinski definition) is 2. The Hall–Kier alpha value is -3.78. The number of thiazole rings is 1. The third-order valence-electron chi connectivity index (χ3n) is 4.20. The molecule has 0 saturated carbocycles. The van der Waals surface area contributed by atoms with Gasteiger partial charge in [0.1, 0.15) is 11.5 Å². The van der Waals surface area contributed by atoms with E-state index < -0.39 is 5.91 Å². The smallest absolute Gasteiger partial charge is 0.275 e. The SMILES string of the molecule is CC(=O)Nc1cccc(NC(=O)c2nc(-n3cccc3)sc2-c2ccc(F)cc2)c1. The summed E-state index contributed by atoms with van der Waals surface area (Å²) < 4.78 is 15.2. The average molecular weight is 420 g/mol. The van der Waals surface area contributed by atoms with Crippen LogP contribution in [0.2, 0.25) is 0 Å². The maximum atomic E-state index is 13.4. The molecule has 0 unspecified atom stereocenters. The van der Waals surface area contributed by atoms with Crippen LogP contribution in [0.3, 0.4) is 0 Å². The second kappa shape index (κ2) is 8.30. The quantitative estimate of drug-likeness (QED) is 0.480. The van der Waals surface area contributed by atoms with Gasteiger partial charge in [0.2, 0.25) is 5.91 Å². The average Bonchev–Trinajstić information content (AvgIpc) is 3.38. The Kier molecular flexibility index (Phi) is 5.40. The summed E-state index contributed by atoms with van der Waals surface area (Å²) in [6, 6.07) is 16.5. The fraction of sp³-hybridized carbons (Fsp3) is 0.0455. The second-order valence-electron chi connectivity index (χ2n) is 6.49. The summed E-state index contributed by atoms with van der Waals surface area (Å²) in [6.07, 6.45) is 3.68. The van der Waals surface area contributed by atoms with Crippen LogP contribution in [-0.4, -0.2) is 21.4 Å². The Morgan fingerprint density at radius 2 is 1.63 bits per heavy atom. The summed E-state index contributed by atoms with van der Waals surface area (Å²) in [4.78, 5) is 29.5. The van der Waals surface area contributed by atoms with E-state index in [9.17, 15) is 14.0 Å². The van der Waals surface area contributed by atoms with Gasteiger partial charge in [-0.3, -0.25) is 9.59 Å². The zero-order chi connectivity index (χ0) is 21.1. The van der Waals surface area contributed by atoms with Crippen molar-refractivity contribution in [3.63, 3.8) is 0 Å². The van der Waals surface area contributed by atoms with Gasteiger partial charge in [0.25, 0.3) is 5.91 Å². The molecule has 150 valence electrons. The number of carbonyl (C=O) groups is 2. The van der Waals surface area contributed by atoms with E-state index in [4.69, 9.17) is 0 Å². The van der Waals surface area contributed by atoms with Crippen LogP contribution >= 0.6 is 11.3 Å². The zero-order valence-electron chi connectivity index (χ0n) is 15.9. The van der Waals surface area contributed by atoms with Crippen LogP contribution in [0, 0.1) is 5.82 Å². The topological polar surface area (TPSA) is 76.0 Å². The van der Waals surface area contributed by atoms with Gasteiger partial charge in [-0.05, 0) is 48.0 Å². The Balaban J connectivity index is 1.69. The first-order valence-electron chi connectivity index (χ1n) is 9.09. The summed E-state index contributed by atoms with van der Waals surface area (Å²) in [6.45, 7) is 1.41. The number of hydrogen-bond acceptors (Lipinski definition) is 4. The predicted octanol–water partition coefficient (Wildman–Crippen LogP) is 4.95. The summed E-state index contributed by atoms with van der Waals surface area (Å²) >= 11 is 1.34. The van der Waals surface area contributed by atoms with Crippen LogP contribution in [0.4, 0.5) is 15.8 Å². The molecule has 4 aromatic rings. The molecule has 6 nitrogen and oxygen atoms in total. The van der Waals surface area contributed by atoms with E-state index >= 15 is 0 Å². The lowest BCUT2D eigenvalue weighted by molar-refractivity contribution is -0.114. The number of halogens is 1. The van der Waals surface area contributed by atoms with Crippen molar-refractivity contribution in [3.8, 4) is 15.6 Å². The lowest BCUT2D eigenvalue weighted by Crippen LogP contribution is -2.14. The van der Waals surface area contributed by atoms with Gasteiger partial charge in [0.15, 0.2) is 5.13 Å². The number of benzene rings is 2. The van der Waals surface area contributed by atoms with Gasteiger partial charge in [-0.2, -0.15) is 0 Å². The molecule has 0 aliphatic heterocycles. The highest BCUT2D eigenvalue weighted by molar-refractivity contribution is 7.17. The summed E-state index contributed by atoms with van der Waals surface area (Å²) in [5.41, 5.74) is 2.03. The molecule has 2 heterocycles. The van der Waals surface area contributed by atoms with Crippen LogP contribution in [0.25, 0.3) is 15.6 Å². The first-order chi connectivity index (χ1) is 14.5. The van der Waals surface area contributed by atoms with Crippen LogP contribution in [-0.2, 0) is 4.79 Å². The molecule has 4 rings (SSSR count). The number of amides is 2. The maximum Gasteiger partial charge on any atom is 0.275 e. The number of carbonyl (C=O) groups excluding carboxylic acids is 2. The summed E-state index contributed by atoms with van der Waals surface area (Å²) in [7, 11) is 0. The van der Waals surface area contributed by atoms with Gasteiger partial charge >= 0.3 is 0 Å². The van der Waals surface area contributed by atoms with Gasteiger partial charge < -0.3 is 15.2 Å². The molecule has 0 aliphatic rings. The number of nitrogens with one attached hydrogen (secondary N) is 2. The number of rotatable bonds is 5. The first kappa shape index (κ1) is 19.5. The standard InChI is InChI=1S/C22H17FN4O2S/c1-14(28)24-17-5-4-6-18(13-17)25-21(29)19-20(15-7-9-16(23)10-8-15)30-22(26-19)27-11-2-3-12-27/h2-13H,1H3,(H,24,28)(H,25,29). The molecule has 30 heavy (non-hydrogen) atoms. The van der Waals surface area contributed by atoms with Crippen LogP contribution in [0.5, 0.6) is 0 Å². The van der Waals surface area contributed by atoms with Gasteiger partial charge in [-0.1, -0.05) is 29.5 Å². The van der Waals surface area contributed by atoms with Crippen molar-refractivity contribution >= 4 is 34.5 Å². The molecule has 2 aromatic carbocycles. The molecule has 2 N–H and O–H groups in total. The highest BCUT2D eigenvalue weighted by Crippen LogP contribution is 2.33. The van der Waals surface area contributed by atoms with Crippen molar-refractivity contribution in [1.82, 2.24) is 9.55 Å². The lowest BCUT2D eigenvalue weighted by Gasteiger charge is -2.08. The minimum atomic E-state index is -0.399. The number of aromatic nitrogens is 2. The summed E-state index contributed by atoms with van der Waals surface area (Å²) in [5.74, 6) is -0.952. The minimum Gasteiger partial charge on any atom is -0.326 e. The first-order valence-corrected chi connectivity index (χ1v) is 9.90. The second-order valence-corrected chi connectivity index (χ2v) is 7.47. The highest BCUT2D eigenvalue weighted by atomic mass is 32.1. The van der Waals surface area contributed by atoms with E-state index in [1.165, 1.54) is 30.4 Å². The van der Waals surface area contributed by atoms with Gasteiger partial charge in [-0.15, -0.1) is 0 Å². The third-order valence-corrected chi connectivity index (χ3v) is 5.32. The molecule has 0 radical (unpaired) electrons. The fourth-order valence-electron chi connectivity index (χ4n) is 2.90. The van der Waals surface area contributed by atoms with E-state index in [-0.39, 0.29) is 17.4 Å². The Morgan fingerprint density at radius 3 is 2.30 bits per heavy atom. The molecule has 2 amide bonds. The van der Waals surface area contributed by atoms with Crippen molar-refractivity contribution in [2.75, 3.05) is 10.6 Å². The van der Waals surface area contributed by atoms with Gasteiger partial charge in [0, 0.05) is 30.7 Å². The zero-order valence-corrected chi connectivity index (χ0v) is 16.7. The van der Waals surface area contributed by atoms with E-state index in [1.54, 1.807) is 36.4 Å². The van der Waals surface area contributed by atoms with Crippen molar-refractivity contribution in [2.24, 2.45) is 0 Å². The lowest BCUT2D eigenvalue weighted by atomic mass is 10.1. The minimum absolute atomic E-state index is 0.201. The van der Waals surface area contributed by atoms with E-state index in [0.29, 0.717) is 26.9 Å². The Bertz CT molecular complexity index is 1200. The van der Waals surface area contributed by atoms with Crippen molar-refractivity contribution in [1.29, 1.82) is 0 Å². The number of nitrogens with zero attached hydrogens (tertiary/aromatic N) is 2. The highest BCUT2D eigenvalue weighted by Gasteiger charge is 2.21. The maximum absolute atomic E-state index is 13.4. The number of anilines is 2. The van der Waals surface area contributed by atoms with Gasteiger partial charge in [-0.25, -0.2) is 9.37 Å². The van der Waals surface area contributed by atoms with Crippen molar-refractivity contribution < 1.29 is 14.0 Å². The molecule has 8 heteroatoms. The molecule has 0 fully saturated rings. The molecule has 0 atom stereocenters. The Morgan fingerprint density at radius 1 is 0.967 bits per heavy atom. The molecule has 0 bridgehead atoms. The largest absolute Gasteiger partial charge is 0.326 e. The van der Waals surface area contributed by atoms with Crippen LogP contribution < -0.4 is 10.6 Å². The van der Waals surface area contributed by atoms with Crippen LogP contribution in [0.1, 0.15) is 17.4 Å². The van der Waals surface area contributed by atoms with Crippen molar-refractivity contribution in [3.05, 3.63) is 84.6 Å². The Labute approximate surface area is 176 Å². The molecule has 2 aromatic heterocycles. The normalized spacial score (nSPS) is 10.6. The molecular weight excluding hydrogens is 403 g/mol. The molecule has 0 aliphatic carbocycles. The summed E-state index contributed by atoms with van der Waals surface area (Å²) in [5, 5.41) is 6.13. The van der Waals surface area contributed by atoms with Crippen LogP contribution in [0.15, 0.2) is 73.1 Å².